The molecule has 1 aromatic rings. The SMILES string of the molecule is COc1nc(NC(C)C2CCOC2)ncc1Br. The number of methoxy groups -OCH3 is 1. The zero-order valence-corrected chi connectivity index (χ0v) is 11.5. The van der Waals surface area contributed by atoms with Crippen LogP contribution in [-0.2, 0) is 4.74 Å². The fourth-order valence-electron chi connectivity index (χ4n) is 1.83. The summed E-state index contributed by atoms with van der Waals surface area (Å²) in [7, 11) is 1.59. The maximum atomic E-state index is 5.37. The van der Waals surface area contributed by atoms with Crippen molar-refractivity contribution in [2.75, 3.05) is 25.6 Å². The highest BCUT2D eigenvalue weighted by Crippen LogP contribution is 2.23. The predicted octanol–water partition coefficient (Wildman–Crippen LogP) is 2.08. The number of nitrogens with zero attached hydrogens (tertiary/aromatic N) is 2. The molecule has 0 aliphatic carbocycles. The Kier molecular flexibility index (Phi) is 4.17. The second-order valence-electron chi connectivity index (χ2n) is 4.11. The lowest BCUT2D eigenvalue weighted by Crippen LogP contribution is -2.27. The molecule has 1 aromatic heterocycles. The number of hydrogen-bond donors (Lipinski definition) is 1. The lowest BCUT2D eigenvalue weighted by Gasteiger charge is -2.19. The minimum Gasteiger partial charge on any atom is -0.480 e. The van der Waals surface area contributed by atoms with Crippen LogP contribution in [0.5, 0.6) is 5.88 Å². The summed E-state index contributed by atoms with van der Waals surface area (Å²) in [6, 6.07) is 0.295. The zero-order valence-electron chi connectivity index (χ0n) is 9.94. The van der Waals surface area contributed by atoms with E-state index in [0.717, 1.165) is 24.1 Å². The van der Waals surface area contributed by atoms with E-state index in [-0.39, 0.29) is 0 Å². The molecule has 1 aliphatic heterocycles. The Morgan fingerprint density at radius 2 is 2.47 bits per heavy atom. The van der Waals surface area contributed by atoms with Crippen LogP contribution in [0, 0.1) is 5.92 Å². The quantitative estimate of drug-likeness (QED) is 0.923. The van der Waals surface area contributed by atoms with E-state index in [9.17, 15) is 0 Å². The highest BCUT2D eigenvalue weighted by atomic mass is 79.9. The van der Waals surface area contributed by atoms with Crippen molar-refractivity contribution in [3.05, 3.63) is 10.7 Å². The Labute approximate surface area is 109 Å². The summed E-state index contributed by atoms with van der Waals surface area (Å²) < 4.78 is 11.2. The molecule has 2 heterocycles. The van der Waals surface area contributed by atoms with Gasteiger partial charge >= 0.3 is 0 Å². The first-order valence-electron chi connectivity index (χ1n) is 5.61. The van der Waals surface area contributed by atoms with Crippen molar-refractivity contribution in [3.63, 3.8) is 0 Å². The summed E-state index contributed by atoms with van der Waals surface area (Å²) in [6.45, 7) is 3.78. The van der Waals surface area contributed by atoms with Gasteiger partial charge in [-0.2, -0.15) is 4.98 Å². The van der Waals surface area contributed by atoms with E-state index in [2.05, 4.69) is 38.1 Å². The van der Waals surface area contributed by atoms with Gasteiger partial charge in [-0.25, -0.2) is 4.98 Å². The molecule has 1 N–H and O–H groups in total. The monoisotopic (exact) mass is 301 g/mol. The van der Waals surface area contributed by atoms with Gasteiger partial charge in [-0.1, -0.05) is 0 Å². The second kappa shape index (κ2) is 5.64. The van der Waals surface area contributed by atoms with Crippen molar-refractivity contribution in [3.8, 4) is 5.88 Å². The van der Waals surface area contributed by atoms with Gasteiger partial charge in [0.25, 0.3) is 0 Å². The van der Waals surface area contributed by atoms with Crippen LogP contribution in [0.25, 0.3) is 0 Å². The van der Waals surface area contributed by atoms with Crippen LogP contribution in [0.2, 0.25) is 0 Å². The van der Waals surface area contributed by atoms with E-state index in [1.807, 2.05) is 0 Å². The van der Waals surface area contributed by atoms with Gasteiger partial charge in [0.2, 0.25) is 11.8 Å². The maximum absolute atomic E-state index is 5.37. The number of halogens is 1. The number of rotatable bonds is 4. The normalized spacial score (nSPS) is 21.2. The summed E-state index contributed by atoms with van der Waals surface area (Å²) in [4.78, 5) is 8.48. The number of anilines is 1. The van der Waals surface area contributed by atoms with Crippen LogP contribution in [0.15, 0.2) is 10.7 Å². The molecule has 6 heteroatoms. The number of aromatic nitrogens is 2. The highest BCUT2D eigenvalue weighted by Gasteiger charge is 2.22. The van der Waals surface area contributed by atoms with E-state index in [1.165, 1.54) is 0 Å². The van der Waals surface area contributed by atoms with Gasteiger partial charge < -0.3 is 14.8 Å². The fourth-order valence-corrected chi connectivity index (χ4v) is 2.19. The van der Waals surface area contributed by atoms with Crippen molar-refractivity contribution in [2.45, 2.75) is 19.4 Å². The Balaban J connectivity index is 2.02. The third-order valence-corrected chi connectivity index (χ3v) is 3.48. The molecule has 1 fully saturated rings. The molecular weight excluding hydrogens is 286 g/mol. The smallest absolute Gasteiger partial charge is 0.232 e. The van der Waals surface area contributed by atoms with Crippen molar-refractivity contribution < 1.29 is 9.47 Å². The van der Waals surface area contributed by atoms with Crippen LogP contribution in [-0.4, -0.2) is 36.3 Å². The highest BCUT2D eigenvalue weighted by molar-refractivity contribution is 9.10. The molecule has 2 atom stereocenters. The summed E-state index contributed by atoms with van der Waals surface area (Å²) in [6.07, 6.45) is 2.77. The summed E-state index contributed by atoms with van der Waals surface area (Å²) in [5.41, 5.74) is 0. The van der Waals surface area contributed by atoms with Gasteiger partial charge in [0.05, 0.1) is 24.4 Å². The average Bonchev–Trinajstić information content (AvgIpc) is 2.85. The zero-order chi connectivity index (χ0) is 12.3. The summed E-state index contributed by atoms with van der Waals surface area (Å²) in [5, 5.41) is 3.28. The molecule has 0 amide bonds. The van der Waals surface area contributed by atoms with Crippen LogP contribution in [0.1, 0.15) is 13.3 Å². The third kappa shape index (κ3) is 3.07. The van der Waals surface area contributed by atoms with Gasteiger partial charge in [-0.15, -0.1) is 0 Å². The molecule has 1 aliphatic rings. The van der Waals surface area contributed by atoms with Crippen LogP contribution >= 0.6 is 15.9 Å². The molecule has 0 spiro atoms. The lowest BCUT2D eigenvalue weighted by atomic mass is 10.0. The molecule has 0 saturated carbocycles. The van der Waals surface area contributed by atoms with E-state index >= 15 is 0 Å². The maximum Gasteiger partial charge on any atom is 0.232 e. The largest absolute Gasteiger partial charge is 0.480 e. The lowest BCUT2D eigenvalue weighted by molar-refractivity contribution is 0.183. The minimum absolute atomic E-state index is 0.295. The topological polar surface area (TPSA) is 56.3 Å². The van der Waals surface area contributed by atoms with Gasteiger partial charge in [-0.05, 0) is 29.3 Å². The van der Waals surface area contributed by atoms with Gasteiger partial charge in [0.1, 0.15) is 0 Å². The average molecular weight is 302 g/mol. The molecule has 0 aromatic carbocycles. The van der Waals surface area contributed by atoms with Crippen LogP contribution < -0.4 is 10.1 Å². The Morgan fingerprint density at radius 1 is 1.65 bits per heavy atom. The first kappa shape index (κ1) is 12.6. The van der Waals surface area contributed by atoms with E-state index in [1.54, 1.807) is 13.3 Å². The number of ether oxygens (including phenoxy) is 2. The van der Waals surface area contributed by atoms with Crippen LogP contribution in [0.3, 0.4) is 0 Å². The Hall–Kier alpha value is -0.880. The molecule has 5 nitrogen and oxygen atoms in total. The minimum atomic E-state index is 0.295. The van der Waals surface area contributed by atoms with Crippen molar-refractivity contribution in [1.82, 2.24) is 9.97 Å². The molecule has 94 valence electrons. The standard InChI is InChI=1S/C11H16BrN3O2/c1-7(8-3-4-17-6-8)14-11-13-5-9(12)10(15-11)16-2/h5,7-8H,3-4,6H2,1-2H3,(H,13,14,15). The van der Waals surface area contributed by atoms with Crippen LogP contribution in [0.4, 0.5) is 5.95 Å². The number of nitrogens with one attached hydrogen (secondary N) is 1. The third-order valence-electron chi connectivity index (χ3n) is 2.93. The molecule has 0 radical (unpaired) electrons. The first-order valence-corrected chi connectivity index (χ1v) is 6.41. The second-order valence-corrected chi connectivity index (χ2v) is 4.96. The van der Waals surface area contributed by atoms with Crippen molar-refractivity contribution in [2.24, 2.45) is 5.92 Å². The Bertz CT molecular complexity index is 383. The Morgan fingerprint density at radius 3 is 3.12 bits per heavy atom. The van der Waals surface area contributed by atoms with Crippen molar-refractivity contribution in [1.29, 1.82) is 0 Å². The molecule has 1 saturated heterocycles. The summed E-state index contributed by atoms with van der Waals surface area (Å²) >= 11 is 3.33. The molecule has 17 heavy (non-hydrogen) atoms. The first-order chi connectivity index (χ1) is 8.20. The molecule has 0 bridgehead atoms. The number of hydrogen-bond acceptors (Lipinski definition) is 5. The fraction of sp³-hybridized carbons (Fsp3) is 0.636. The van der Waals surface area contributed by atoms with E-state index < -0.39 is 0 Å². The predicted molar refractivity (Wildman–Crippen MR) is 68.3 cm³/mol. The van der Waals surface area contributed by atoms with Gasteiger partial charge in [0.15, 0.2) is 0 Å². The molecule has 2 unspecified atom stereocenters. The molecule has 2 rings (SSSR count). The molecular formula is C11H16BrN3O2. The van der Waals surface area contributed by atoms with E-state index in [0.29, 0.717) is 23.8 Å². The summed E-state index contributed by atoms with van der Waals surface area (Å²) in [5.74, 6) is 1.65. The van der Waals surface area contributed by atoms with Gasteiger partial charge in [0, 0.05) is 18.6 Å². The van der Waals surface area contributed by atoms with Gasteiger partial charge in [-0.3, -0.25) is 0 Å². The van der Waals surface area contributed by atoms with Crippen molar-refractivity contribution >= 4 is 21.9 Å². The van der Waals surface area contributed by atoms with E-state index in [4.69, 9.17) is 9.47 Å².